The van der Waals surface area contributed by atoms with E-state index < -0.39 is 0 Å². The van der Waals surface area contributed by atoms with E-state index in [0.29, 0.717) is 0 Å². The van der Waals surface area contributed by atoms with Crippen molar-refractivity contribution >= 4 is 37.5 Å². The Bertz CT molecular complexity index is 709. The first-order chi connectivity index (χ1) is 9.78. The van der Waals surface area contributed by atoms with E-state index in [1.54, 1.807) is 17.7 Å². The maximum atomic E-state index is 4.49. The normalized spacial score (nSPS) is 12.7. The molecule has 0 bridgehead atoms. The van der Waals surface area contributed by atoms with Crippen LogP contribution < -0.4 is 0 Å². The van der Waals surface area contributed by atoms with E-state index in [9.17, 15) is 0 Å². The standard InChI is InChI=1S/C16H15BrN2S/c1-2-12-8-13-15(18-10-19-16(13)20-12)9-14(17)11-6-4-3-5-7-11/h3-8,10,14H,2,9H2,1H3. The highest BCUT2D eigenvalue weighted by molar-refractivity contribution is 9.09. The second kappa shape index (κ2) is 6.02. The smallest absolute Gasteiger partial charge is 0.127 e. The molecule has 0 aliphatic rings. The molecule has 0 aliphatic heterocycles. The zero-order valence-corrected chi connectivity index (χ0v) is 13.6. The van der Waals surface area contributed by atoms with E-state index in [1.165, 1.54) is 15.8 Å². The van der Waals surface area contributed by atoms with Crippen LogP contribution in [0.4, 0.5) is 0 Å². The summed E-state index contributed by atoms with van der Waals surface area (Å²) in [4.78, 5) is 11.6. The van der Waals surface area contributed by atoms with Gasteiger partial charge in [-0.2, -0.15) is 0 Å². The Hall–Kier alpha value is -1.26. The van der Waals surface area contributed by atoms with Crippen molar-refractivity contribution in [3.8, 4) is 0 Å². The molecule has 0 amide bonds. The van der Waals surface area contributed by atoms with Crippen molar-refractivity contribution in [2.75, 3.05) is 0 Å². The Kier molecular flexibility index (Phi) is 4.13. The molecule has 2 heterocycles. The van der Waals surface area contributed by atoms with Gasteiger partial charge in [0.15, 0.2) is 0 Å². The second-order valence-corrected chi connectivity index (χ2v) is 6.91. The van der Waals surface area contributed by atoms with E-state index in [-0.39, 0.29) is 4.83 Å². The van der Waals surface area contributed by atoms with Gasteiger partial charge in [0.2, 0.25) is 0 Å². The fourth-order valence-corrected chi connectivity index (χ4v) is 3.81. The summed E-state index contributed by atoms with van der Waals surface area (Å²) >= 11 is 5.54. The highest BCUT2D eigenvalue weighted by atomic mass is 79.9. The summed E-state index contributed by atoms with van der Waals surface area (Å²) in [5.41, 5.74) is 2.40. The lowest BCUT2D eigenvalue weighted by Gasteiger charge is -2.10. The quantitative estimate of drug-likeness (QED) is 0.625. The molecule has 3 aromatic rings. The lowest BCUT2D eigenvalue weighted by atomic mass is 10.1. The van der Waals surface area contributed by atoms with Crippen molar-refractivity contribution in [3.63, 3.8) is 0 Å². The van der Waals surface area contributed by atoms with Gasteiger partial charge < -0.3 is 0 Å². The predicted molar refractivity (Wildman–Crippen MR) is 88.6 cm³/mol. The zero-order chi connectivity index (χ0) is 13.9. The van der Waals surface area contributed by atoms with Gasteiger partial charge in [0, 0.05) is 21.5 Å². The van der Waals surface area contributed by atoms with Crippen LogP contribution in [-0.2, 0) is 12.8 Å². The monoisotopic (exact) mass is 346 g/mol. The number of benzene rings is 1. The maximum absolute atomic E-state index is 4.49. The van der Waals surface area contributed by atoms with Crippen molar-refractivity contribution in [1.29, 1.82) is 0 Å². The van der Waals surface area contributed by atoms with Crippen LogP contribution in [0.2, 0.25) is 0 Å². The van der Waals surface area contributed by atoms with Gasteiger partial charge in [0.25, 0.3) is 0 Å². The minimum absolute atomic E-state index is 0.284. The van der Waals surface area contributed by atoms with E-state index in [1.807, 2.05) is 6.07 Å². The van der Waals surface area contributed by atoms with Crippen LogP contribution >= 0.6 is 27.3 Å². The third kappa shape index (κ3) is 2.76. The van der Waals surface area contributed by atoms with Crippen molar-refractivity contribution in [3.05, 3.63) is 58.9 Å². The molecule has 2 aromatic heterocycles. The molecular weight excluding hydrogens is 332 g/mol. The van der Waals surface area contributed by atoms with Crippen molar-refractivity contribution < 1.29 is 0 Å². The van der Waals surface area contributed by atoms with E-state index in [4.69, 9.17) is 0 Å². The molecule has 0 spiro atoms. The van der Waals surface area contributed by atoms with E-state index in [2.05, 4.69) is 63.2 Å². The number of hydrogen-bond donors (Lipinski definition) is 0. The number of alkyl halides is 1. The number of aromatic nitrogens is 2. The third-order valence-corrected chi connectivity index (χ3v) is 5.39. The van der Waals surface area contributed by atoms with Crippen LogP contribution in [0.15, 0.2) is 42.7 Å². The largest absolute Gasteiger partial charge is 0.241 e. The number of hydrogen-bond acceptors (Lipinski definition) is 3. The van der Waals surface area contributed by atoms with Gasteiger partial charge >= 0.3 is 0 Å². The minimum Gasteiger partial charge on any atom is -0.241 e. The molecular formula is C16H15BrN2S. The maximum Gasteiger partial charge on any atom is 0.127 e. The number of halogens is 1. The molecule has 0 N–H and O–H groups in total. The summed E-state index contributed by atoms with van der Waals surface area (Å²) < 4.78 is 0. The molecule has 2 nitrogen and oxygen atoms in total. The second-order valence-electron chi connectivity index (χ2n) is 4.69. The number of thiophene rings is 1. The minimum atomic E-state index is 0.284. The SMILES string of the molecule is CCc1cc2c(CC(Br)c3ccccc3)ncnc2s1. The van der Waals surface area contributed by atoms with Gasteiger partial charge in [-0.25, -0.2) is 9.97 Å². The van der Waals surface area contributed by atoms with Gasteiger partial charge in [0.05, 0.1) is 5.69 Å². The lowest BCUT2D eigenvalue weighted by Crippen LogP contribution is -1.98. The molecule has 4 heteroatoms. The topological polar surface area (TPSA) is 25.8 Å². The van der Waals surface area contributed by atoms with Crippen molar-refractivity contribution in [1.82, 2.24) is 9.97 Å². The van der Waals surface area contributed by atoms with Gasteiger partial charge in [0.1, 0.15) is 11.2 Å². The van der Waals surface area contributed by atoms with Crippen LogP contribution in [0, 0.1) is 0 Å². The number of rotatable bonds is 4. The molecule has 1 aromatic carbocycles. The van der Waals surface area contributed by atoms with E-state index in [0.717, 1.165) is 23.4 Å². The lowest BCUT2D eigenvalue weighted by molar-refractivity contribution is 0.909. The van der Waals surface area contributed by atoms with Gasteiger partial charge in [-0.1, -0.05) is 53.2 Å². The summed E-state index contributed by atoms with van der Waals surface area (Å²) in [5.74, 6) is 0. The Morgan fingerprint density at radius 1 is 1.20 bits per heavy atom. The molecule has 3 rings (SSSR count). The van der Waals surface area contributed by atoms with E-state index >= 15 is 0 Å². The summed E-state index contributed by atoms with van der Waals surface area (Å²) in [7, 11) is 0. The molecule has 1 atom stereocenters. The fourth-order valence-electron chi connectivity index (χ4n) is 2.24. The average molecular weight is 347 g/mol. The van der Waals surface area contributed by atoms with Crippen LogP contribution in [-0.4, -0.2) is 9.97 Å². The summed E-state index contributed by atoms with van der Waals surface area (Å²) in [5, 5.41) is 1.20. The van der Waals surface area contributed by atoms with Gasteiger partial charge in [-0.3, -0.25) is 0 Å². The van der Waals surface area contributed by atoms with Crippen LogP contribution in [0.25, 0.3) is 10.2 Å². The highest BCUT2D eigenvalue weighted by Gasteiger charge is 2.13. The first-order valence-corrected chi connectivity index (χ1v) is 8.42. The van der Waals surface area contributed by atoms with Crippen LogP contribution in [0.3, 0.4) is 0 Å². The van der Waals surface area contributed by atoms with Gasteiger partial charge in [-0.15, -0.1) is 11.3 Å². The van der Waals surface area contributed by atoms with Crippen LogP contribution in [0.1, 0.15) is 27.9 Å². The van der Waals surface area contributed by atoms with Gasteiger partial charge in [-0.05, 0) is 18.1 Å². The zero-order valence-electron chi connectivity index (χ0n) is 11.2. The van der Waals surface area contributed by atoms with Crippen LogP contribution in [0.5, 0.6) is 0 Å². The number of nitrogens with zero attached hydrogens (tertiary/aromatic N) is 2. The summed E-state index contributed by atoms with van der Waals surface area (Å²) in [6, 6.07) is 12.7. The highest BCUT2D eigenvalue weighted by Crippen LogP contribution is 2.31. The van der Waals surface area contributed by atoms with Crippen molar-refractivity contribution in [2.24, 2.45) is 0 Å². The number of aryl methyl sites for hydroxylation is 1. The Morgan fingerprint density at radius 3 is 2.75 bits per heavy atom. The van der Waals surface area contributed by atoms with Crippen molar-refractivity contribution in [2.45, 2.75) is 24.6 Å². The molecule has 0 radical (unpaired) electrons. The molecule has 102 valence electrons. The molecule has 20 heavy (non-hydrogen) atoms. The molecule has 0 aliphatic carbocycles. The predicted octanol–water partition coefficient (Wildman–Crippen LogP) is 4.93. The summed E-state index contributed by atoms with van der Waals surface area (Å²) in [6.07, 6.45) is 3.61. The number of fused-ring (bicyclic) bond motifs is 1. The third-order valence-electron chi connectivity index (χ3n) is 3.35. The Balaban J connectivity index is 1.92. The molecule has 0 fully saturated rings. The Labute approximate surface area is 131 Å². The first-order valence-electron chi connectivity index (χ1n) is 6.69. The average Bonchev–Trinajstić information content (AvgIpc) is 2.92. The summed E-state index contributed by atoms with van der Waals surface area (Å²) in [6.45, 7) is 2.18. The molecule has 0 saturated heterocycles. The fraction of sp³-hybridized carbons (Fsp3) is 0.250. The molecule has 1 unspecified atom stereocenters. The Morgan fingerprint density at radius 2 is 2.00 bits per heavy atom. The molecule has 0 saturated carbocycles. The first kappa shape index (κ1) is 13.7.